The van der Waals surface area contributed by atoms with Crippen LogP contribution < -0.4 is 0 Å². The SMILES string of the molecule is CC(=O)O[C@H]1C[C@@H](C)[C@@H]2[C@H](O)OC[C@@]3(C)CC(C)(C)[C@H]1[C@]23O. The van der Waals surface area contributed by atoms with Crippen LogP contribution in [0.25, 0.3) is 0 Å². The Hall–Kier alpha value is -0.650. The molecule has 2 aliphatic carbocycles. The predicted octanol–water partition coefficient (Wildman–Crippen LogP) is 1.71. The molecule has 22 heavy (non-hydrogen) atoms. The third kappa shape index (κ3) is 1.91. The van der Waals surface area contributed by atoms with Crippen LogP contribution in [0.4, 0.5) is 0 Å². The summed E-state index contributed by atoms with van der Waals surface area (Å²) in [5, 5.41) is 22.1. The van der Waals surface area contributed by atoms with Gasteiger partial charge in [-0.3, -0.25) is 4.79 Å². The van der Waals surface area contributed by atoms with E-state index in [0.717, 1.165) is 6.42 Å². The van der Waals surface area contributed by atoms with Gasteiger partial charge in [-0.05, 0) is 24.2 Å². The van der Waals surface area contributed by atoms with Crippen molar-refractivity contribution in [3.05, 3.63) is 0 Å². The van der Waals surface area contributed by atoms with Crippen LogP contribution in [-0.2, 0) is 14.3 Å². The van der Waals surface area contributed by atoms with Crippen molar-refractivity contribution in [2.24, 2.45) is 28.6 Å². The van der Waals surface area contributed by atoms with Crippen molar-refractivity contribution in [3.63, 3.8) is 0 Å². The zero-order chi connectivity index (χ0) is 16.5. The molecule has 0 aromatic rings. The standard InChI is InChI=1S/C17H28O5/c1-9-6-11(22-10(2)18)13-15(3,4)7-16(5)8-21-14(19)12(9)17(13,16)20/h9,11-14,19-20H,6-8H2,1-5H3/t9-,11+,12-,13+,14-,16-,17-/m1/s1. The minimum Gasteiger partial charge on any atom is -0.462 e. The van der Waals surface area contributed by atoms with Crippen molar-refractivity contribution in [2.75, 3.05) is 6.61 Å². The lowest BCUT2D eigenvalue weighted by Crippen LogP contribution is -2.69. The van der Waals surface area contributed by atoms with Crippen LogP contribution in [-0.4, -0.2) is 40.8 Å². The van der Waals surface area contributed by atoms with Gasteiger partial charge in [-0.25, -0.2) is 0 Å². The molecule has 0 bridgehead atoms. The van der Waals surface area contributed by atoms with Gasteiger partial charge in [0.25, 0.3) is 0 Å². The van der Waals surface area contributed by atoms with Crippen LogP contribution in [0.2, 0.25) is 0 Å². The summed E-state index contributed by atoms with van der Waals surface area (Å²) in [5.74, 6) is -0.816. The van der Waals surface area contributed by atoms with Gasteiger partial charge in [0.15, 0.2) is 6.29 Å². The average Bonchev–Trinajstić information content (AvgIpc) is 2.49. The third-order valence-electron chi connectivity index (χ3n) is 6.42. The van der Waals surface area contributed by atoms with Crippen molar-refractivity contribution in [3.8, 4) is 0 Å². The molecule has 1 heterocycles. The molecule has 0 aromatic heterocycles. The van der Waals surface area contributed by atoms with Gasteiger partial charge in [-0.15, -0.1) is 0 Å². The number of carbonyl (C=O) groups excluding carboxylic acids is 1. The largest absolute Gasteiger partial charge is 0.462 e. The minimum absolute atomic E-state index is 0.0223. The number of aliphatic hydroxyl groups excluding tert-OH is 1. The van der Waals surface area contributed by atoms with Gasteiger partial charge in [0.05, 0.1) is 12.2 Å². The number of hydrogen-bond acceptors (Lipinski definition) is 5. The number of carbonyl (C=O) groups is 1. The molecule has 0 spiro atoms. The summed E-state index contributed by atoms with van der Waals surface area (Å²) in [6.45, 7) is 10.0. The highest BCUT2D eigenvalue weighted by Crippen LogP contribution is 2.68. The van der Waals surface area contributed by atoms with E-state index in [1.807, 2.05) is 13.8 Å². The molecular formula is C17H28O5. The second-order valence-electron chi connectivity index (χ2n) is 8.62. The first-order chi connectivity index (χ1) is 10.0. The molecule has 5 heteroatoms. The quantitative estimate of drug-likeness (QED) is 0.721. The fraction of sp³-hybridized carbons (Fsp3) is 0.941. The lowest BCUT2D eigenvalue weighted by Gasteiger charge is -2.59. The Bertz CT molecular complexity index is 489. The van der Waals surface area contributed by atoms with E-state index in [2.05, 4.69) is 13.8 Å². The van der Waals surface area contributed by atoms with Gasteiger partial charge in [-0.1, -0.05) is 27.7 Å². The normalized spacial score (nSPS) is 53.0. The number of rotatable bonds is 1. The maximum Gasteiger partial charge on any atom is 0.302 e. The van der Waals surface area contributed by atoms with Crippen LogP contribution in [0.1, 0.15) is 47.5 Å². The summed E-state index contributed by atoms with van der Waals surface area (Å²) in [6.07, 6.45) is 0.171. The van der Waals surface area contributed by atoms with Gasteiger partial charge in [0, 0.05) is 24.2 Å². The Balaban J connectivity index is 2.11. The second-order valence-corrected chi connectivity index (χ2v) is 8.62. The molecule has 0 amide bonds. The third-order valence-corrected chi connectivity index (χ3v) is 6.42. The van der Waals surface area contributed by atoms with E-state index in [9.17, 15) is 15.0 Å². The fourth-order valence-electron chi connectivity index (χ4n) is 6.07. The Labute approximate surface area is 132 Å². The number of aliphatic hydroxyl groups is 2. The van der Waals surface area contributed by atoms with Crippen LogP contribution >= 0.6 is 0 Å². The first kappa shape index (κ1) is 16.2. The van der Waals surface area contributed by atoms with Gasteiger partial charge in [0.1, 0.15) is 6.10 Å². The molecule has 0 radical (unpaired) electrons. The van der Waals surface area contributed by atoms with Crippen LogP contribution in [0.15, 0.2) is 0 Å². The summed E-state index contributed by atoms with van der Waals surface area (Å²) in [4.78, 5) is 11.5. The van der Waals surface area contributed by atoms with Crippen molar-refractivity contribution in [1.29, 1.82) is 0 Å². The van der Waals surface area contributed by atoms with Gasteiger partial charge >= 0.3 is 5.97 Å². The zero-order valence-corrected chi connectivity index (χ0v) is 14.1. The first-order valence-electron chi connectivity index (χ1n) is 8.22. The summed E-state index contributed by atoms with van der Waals surface area (Å²) < 4.78 is 11.2. The van der Waals surface area contributed by atoms with E-state index >= 15 is 0 Å². The van der Waals surface area contributed by atoms with E-state index in [1.165, 1.54) is 6.92 Å². The second kappa shape index (κ2) is 4.68. The molecular weight excluding hydrogens is 284 g/mol. The molecule has 1 aliphatic heterocycles. The molecule has 3 aliphatic rings. The summed E-state index contributed by atoms with van der Waals surface area (Å²) in [7, 11) is 0. The summed E-state index contributed by atoms with van der Waals surface area (Å²) in [5.41, 5.74) is -1.69. The molecule has 3 fully saturated rings. The van der Waals surface area contributed by atoms with Crippen molar-refractivity contribution >= 4 is 5.97 Å². The lowest BCUT2D eigenvalue weighted by atomic mass is 9.54. The van der Waals surface area contributed by atoms with Gasteiger partial charge < -0.3 is 19.7 Å². The molecule has 2 saturated carbocycles. The summed E-state index contributed by atoms with van der Waals surface area (Å²) >= 11 is 0. The maximum atomic E-state index is 11.8. The highest BCUT2D eigenvalue weighted by molar-refractivity contribution is 5.66. The maximum absolute atomic E-state index is 11.8. The fourth-order valence-corrected chi connectivity index (χ4v) is 6.07. The number of esters is 1. The van der Waals surface area contributed by atoms with Gasteiger partial charge in [-0.2, -0.15) is 0 Å². The lowest BCUT2D eigenvalue weighted by molar-refractivity contribution is -0.318. The minimum atomic E-state index is -1.08. The zero-order valence-electron chi connectivity index (χ0n) is 14.1. The Morgan fingerprint density at radius 2 is 1.95 bits per heavy atom. The number of hydrogen-bond donors (Lipinski definition) is 2. The van der Waals surface area contributed by atoms with E-state index in [-0.39, 0.29) is 35.2 Å². The smallest absolute Gasteiger partial charge is 0.302 e. The van der Waals surface area contributed by atoms with Crippen LogP contribution in [0, 0.1) is 28.6 Å². The Morgan fingerprint density at radius 1 is 1.32 bits per heavy atom. The van der Waals surface area contributed by atoms with E-state index in [1.54, 1.807) is 0 Å². The van der Waals surface area contributed by atoms with Crippen molar-refractivity contribution < 1.29 is 24.5 Å². The topological polar surface area (TPSA) is 76.0 Å². The predicted molar refractivity (Wildman–Crippen MR) is 79.7 cm³/mol. The molecule has 5 nitrogen and oxygen atoms in total. The highest BCUT2D eigenvalue weighted by Gasteiger charge is 2.74. The average molecular weight is 312 g/mol. The van der Waals surface area contributed by atoms with E-state index in [4.69, 9.17) is 9.47 Å². The van der Waals surface area contributed by atoms with E-state index in [0.29, 0.717) is 13.0 Å². The monoisotopic (exact) mass is 312 g/mol. The molecule has 0 unspecified atom stereocenters. The molecule has 126 valence electrons. The molecule has 2 N–H and O–H groups in total. The highest BCUT2D eigenvalue weighted by atomic mass is 16.6. The molecule has 7 atom stereocenters. The Morgan fingerprint density at radius 3 is 2.55 bits per heavy atom. The molecule has 0 aromatic carbocycles. The summed E-state index contributed by atoms with van der Waals surface area (Å²) in [6, 6.07) is 0. The molecule has 1 saturated heterocycles. The van der Waals surface area contributed by atoms with Crippen LogP contribution in [0.5, 0.6) is 0 Å². The van der Waals surface area contributed by atoms with Gasteiger partial charge in [0.2, 0.25) is 0 Å². The van der Waals surface area contributed by atoms with Crippen molar-refractivity contribution in [1.82, 2.24) is 0 Å². The molecule has 3 rings (SSSR count). The van der Waals surface area contributed by atoms with Crippen LogP contribution in [0.3, 0.4) is 0 Å². The number of ether oxygens (including phenoxy) is 2. The Kier molecular flexibility index (Phi) is 3.45. The van der Waals surface area contributed by atoms with Crippen molar-refractivity contribution in [2.45, 2.75) is 65.5 Å². The van der Waals surface area contributed by atoms with E-state index < -0.39 is 17.3 Å². The first-order valence-corrected chi connectivity index (χ1v) is 8.22.